The number of amides is 2. The summed E-state index contributed by atoms with van der Waals surface area (Å²) in [5.74, 6) is -0.973. The summed E-state index contributed by atoms with van der Waals surface area (Å²) < 4.78 is 5.23. The first-order valence-electron chi connectivity index (χ1n) is 9.07. The minimum atomic E-state index is -0.850. The third-order valence-electron chi connectivity index (χ3n) is 3.56. The Morgan fingerprint density at radius 3 is 2.19 bits per heavy atom. The topological polar surface area (TPSA) is 105 Å². The molecule has 1 aromatic carbocycles. The lowest BCUT2D eigenvalue weighted by Gasteiger charge is -2.24. The fourth-order valence-corrected chi connectivity index (χ4v) is 2.39. The van der Waals surface area contributed by atoms with E-state index < -0.39 is 23.7 Å². The summed E-state index contributed by atoms with van der Waals surface area (Å²) >= 11 is 0. The molecule has 0 fully saturated rings. The highest BCUT2D eigenvalue weighted by atomic mass is 16.6. The number of benzene rings is 1. The van der Waals surface area contributed by atoms with E-state index in [-0.39, 0.29) is 18.2 Å². The van der Waals surface area contributed by atoms with Crippen molar-refractivity contribution in [2.75, 3.05) is 5.32 Å². The van der Waals surface area contributed by atoms with E-state index in [0.29, 0.717) is 18.5 Å². The van der Waals surface area contributed by atoms with E-state index >= 15 is 0 Å². The minimum Gasteiger partial charge on any atom is -0.481 e. The van der Waals surface area contributed by atoms with Crippen molar-refractivity contribution in [2.24, 2.45) is 5.92 Å². The number of carboxylic acid groups (broad SMARTS) is 1. The molecule has 0 aliphatic rings. The molecule has 0 spiro atoms. The number of nitrogens with one attached hydrogen (secondary N) is 2. The Balaban J connectivity index is 2.72. The molecular weight excluding hydrogens is 348 g/mol. The van der Waals surface area contributed by atoms with Crippen LogP contribution in [0.4, 0.5) is 10.5 Å². The van der Waals surface area contributed by atoms with Gasteiger partial charge in [0.2, 0.25) is 5.91 Å². The van der Waals surface area contributed by atoms with Gasteiger partial charge in [-0.25, -0.2) is 4.79 Å². The molecule has 27 heavy (non-hydrogen) atoms. The number of anilines is 1. The highest BCUT2D eigenvalue weighted by molar-refractivity contribution is 5.96. The van der Waals surface area contributed by atoms with Crippen molar-refractivity contribution in [3.63, 3.8) is 0 Å². The van der Waals surface area contributed by atoms with E-state index in [0.717, 1.165) is 5.56 Å². The normalized spacial score (nSPS) is 12.4. The van der Waals surface area contributed by atoms with Crippen LogP contribution in [-0.2, 0) is 20.7 Å². The number of hydrogen-bond acceptors (Lipinski definition) is 4. The number of carbonyl (C=O) groups is 3. The van der Waals surface area contributed by atoms with Crippen molar-refractivity contribution < 1.29 is 24.2 Å². The first-order valence-corrected chi connectivity index (χ1v) is 9.07. The van der Waals surface area contributed by atoms with Gasteiger partial charge >= 0.3 is 12.1 Å². The highest BCUT2D eigenvalue weighted by Crippen LogP contribution is 2.14. The lowest BCUT2D eigenvalue weighted by Crippen LogP contribution is -2.46. The van der Waals surface area contributed by atoms with Crippen LogP contribution in [0.5, 0.6) is 0 Å². The summed E-state index contributed by atoms with van der Waals surface area (Å²) in [6.45, 7) is 9.21. The molecule has 7 heteroatoms. The Hall–Kier alpha value is -2.57. The maximum absolute atomic E-state index is 12.6. The molecular formula is C20H30N2O5. The van der Waals surface area contributed by atoms with Gasteiger partial charge in [-0.3, -0.25) is 9.59 Å². The molecule has 0 saturated carbocycles. The fraction of sp³-hybridized carbons (Fsp3) is 0.550. The summed E-state index contributed by atoms with van der Waals surface area (Å²) in [5, 5.41) is 14.1. The maximum Gasteiger partial charge on any atom is 0.408 e. The summed E-state index contributed by atoms with van der Waals surface area (Å²) in [7, 11) is 0. The fourth-order valence-electron chi connectivity index (χ4n) is 2.39. The summed E-state index contributed by atoms with van der Waals surface area (Å²) in [6.07, 6.45) is 0.330. The average Bonchev–Trinajstić information content (AvgIpc) is 2.51. The van der Waals surface area contributed by atoms with Crippen LogP contribution < -0.4 is 10.6 Å². The smallest absolute Gasteiger partial charge is 0.408 e. The molecule has 7 nitrogen and oxygen atoms in total. The van der Waals surface area contributed by atoms with Gasteiger partial charge in [0.25, 0.3) is 0 Å². The zero-order valence-corrected chi connectivity index (χ0v) is 16.7. The largest absolute Gasteiger partial charge is 0.481 e. The molecule has 0 unspecified atom stereocenters. The van der Waals surface area contributed by atoms with Gasteiger partial charge in [-0.1, -0.05) is 26.0 Å². The van der Waals surface area contributed by atoms with Gasteiger partial charge in [-0.2, -0.15) is 0 Å². The van der Waals surface area contributed by atoms with E-state index in [9.17, 15) is 14.4 Å². The average molecular weight is 378 g/mol. The van der Waals surface area contributed by atoms with Gasteiger partial charge in [0, 0.05) is 12.1 Å². The van der Waals surface area contributed by atoms with Crippen molar-refractivity contribution in [3.05, 3.63) is 29.8 Å². The molecule has 0 saturated heterocycles. The number of hydrogen-bond donors (Lipinski definition) is 3. The van der Waals surface area contributed by atoms with Gasteiger partial charge in [0.1, 0.15) is 11.6 Å². The van der Waals surface area contributed by atoms with Gasteiger partial charge in [0.05, 0.1) is 0 Å². The monoisotopic (exact) mass is 378 g/mol. The van der Waals surface area contributed by atoms with Gasteiger partial charge in [-0.15, -0.1) is 0 Å². The molecule has 0 aromatic heterocycles. The SMILES string of the molecule is CC(C)C[C@H](NC(=O)OC(C)(C)C)C(=O)Nc1ccc(CCC(=O)O)cc1. The molecule has 3 N–H and O–H groups in total. The van der Waals surface area contributed by atoms with Crippen molar-refractivity contribution in [2.45, 2.75) is 65.5 Å². The standard InChI is InChI=1S/C20H30N2O5/c1-13(2)12-16(22-19(26)27-20(3,4)5)18(25)21-15-9-6-14(7-10-15)8-11-17(23)24/h6-7,9-10,13,16H,8,11-12H2,1-5H3,(H,21,25)(H,22,26)(H,23,24)/t16-/m0/s1. The summed E-state index contributed by atoms with van der Waals surface area (Å²) in [5.41, 5.74) is 0.814. The van der Waals surface area contributed by atoms with Gasteiger partial charge in [-0.05, 0) is 57.2 Å². The first kappa shape index (κ1) is 22.5. The van der Waals surface area contributed by atoms with Crippen LogP contribution in [-0.4, -0.2) is 34.7 Å². The van der Waals surface area contributed by atoms with E-state index in [2.05, 4.69) is 10.6 Å². The minimum absolute atomic E-state index is 0.0575. The van der Waals surface area contributed by atoms with E-state index in [1.54, 1.807) is 45.0 Å². The number of rotatable bonds is 8. The Kier molecular flexibility index (Phi) is 8.28. The summed E-state index contributed by atoms with van der Waals surface area (Å²) in [6, 6.07) is 6.27. The molecule has 0 heterocycles. The Morgan fingerprint density at radius 2 is 1.70 bits per heavy atom. The first-order chi connectivity index (χ1) is 12.5. The van der Waals surface area contributed by atoms with Crippen molar-refractivity contribution in [1.29, 1.82) is 0 Å². The molecule has 0 bridgehead atoms. The van der Waals surface area contributed by atoms with E-state index in [4.69, 9.17) is 9.84 Å². The highest BCUT2D eigenvalue weighted by Gasteiger charge is 2.25. The Bertz CT molecular complexity index is 647. The number of carbonyl (C=O) groups excluding carboxylic acids is 2. The van der Waals surface area contributed by atoms with E-state index in [1.165, 1.54) is 0 Å². The molecule has 0 aliphatic carbocycles. The molecule has 1 aromatic rings. The van der Waals surface area contributed by atoms with Gasteiger partial charge < -0.3 is 20.5 Å². The molecule has 2 amide bonds. The van der Waals surface area contributed by atoms with Crippen LogP contribution >= 0.6 is 0 Å². The molecule has 1 atom stereocenters. The third kappa shape index (κ3) is 9.63. The Morgan fingerprint density at radius 1 is 1.11 bits per heavy atom. The molecule has 150 valence electrons. The van der Waals surface area contributed by atoms with Crippen molar-refractivity contribution in [3.8, 4) is 0 Å². The van der Waals surface area contributed by atoms with Crippen LogP contribution in [0.3, 0.4) is 0 Å². The summed E-state index contributed by atoms with van der Waals surface area (Å²) in [4.78, 5) is 35.2. The van der Waals surface area contributed by atoms with Crippen LogP contribution in [0.2, 0.25) is 0 Å². The molecule has 0 radical (unpaired) electrons. The second kappa shape index (κ2) is 9.94. The lowest BCUT2D eigenvalue weighted by molar-refractivity contribution is -0.137. The maximum atomic E-state index is 12.6. The van der Waals surface area contributed by atoms with Crippen LogP contribution in [0.15, 0.2) is 24.3 Å². The van der Waals surface area contributed by atoms with Gasteiger partial charge in [0.15, 0.2) is 0 Å². The lowest BCUT2D eigenvalue weighted by atomic mass is 10.0. The molecule has 0 aliphatic heterocycles. The zero-order valence-electron chi connectivity index (χ0n) is 16.7. The number of aliphatic carboxylic acids is 1. The predicted molar refractivity (Wildman–Crippen MR) is 104 cm³/mol. The second-order valence-corrected chi connectivity index (χ2v) is 7.91. The van der Waals surface area contributed by atoms with Crippen LogP contribution in [0.1, 0.15) is 53.0 Å². The van der Waals surface area contributed by atoms with Crippen molar-refractivity contribution in [1.82, 2.24) is 5.32 Å². The Labute approximate surface area is 160 Å². The zero-order chi connectivity index (χ0) is 20.6. The quantitative estimate of drug-likeness (QED) is 0.641. The second-order valence-electron chi connectivity index (χ2n) is 7.91. The number of alkyl carbamates (subject to hydrolysis) is 1. The van der Waals surface area contributed by atoms with Crippen LogP contribution in [0, 0.1) is 5.92 Å². The third-order valence-corrected chi connectivity index (χ3v) is 3.56. The van der Waals surface area contributed by atoms with E-state index in [1.807, 2.05) is 13.8 Å². The molecule has 1 rings (SSSR count). The number of aryl methyl sites for hydroxylation is 1. The number of ether oxygens (including phenoxy) is 1. The van der Waals surface area contributed by atoms with Crippen molar-refractivity contribution >= 4 is 23.7 Å². The predicted octanol–water partition coefficient (Wildman–Crippen LogP) is 3.58. The van der Waals surface area contributed by atoms with Crippen LogP contribution in [0.25, 0.3) is 0 Å². The number of carboxylic acids is 1.